The van der Waals surface area contributed by atoms with Gasteiger partial charge in [-0.2, -0.15) is 0 Å². The van der Waals surface area contributed by atoms with E-state index in [9.17, 15) is 19.7 Å². The number of carbonyl (C=O) groups excluding carboxylic acids is 2. The molecule has 27 heavy (non-hydrogen) atoms. The quantitative estimate of drug-likeness (QED) is 0.578. The number of carbonyl (C=O) groups is 2. The van der Waals surface area contributed by atoms with E-state index in [-0.39, 0.29) is 29.0 Å². The second-order valence-corrected chi connectivity index (χ2v) is 7.21. The van der Waals surface area contributed by atoms with Crippen molar-refractivity contribution >= 4 is 17.5 Å². The van der Waals surface area contributed by atoms with Crippen LogP contribution in [0.5, 0.6) is 0 Å². The SMILES string of the molecule is O=C(CN1CCCCCC1=O)N1CCN(Cc2cccc([N+](=O)[O-])c2)CC1. The zero-order chi connectivity index (χ0) is 19.2. The van der Waals surface area contributed by atoms with E-state index < -0.39 is 0 Å². The summed E-state index contributed by atoms with van der Waals surface area (Å²) in [5.41, 5.74) is 1.00. The molecule has 2 aliphatic heterocycles. The molecule has 0 spiro atoms. The molecular weight excluding hydrogens is 348 g/mol. The molecule has 0 atom stereocenters. The molecule has 2 fully saturated rings. The van der Waals surface area contributed by atoms with Crippen LogP contribution < -0.4 is 0 Å². The lowest BCUT2D eigenvalue weighted by Crippen LogP contribution is -2.51. The average Bonchev–Trinajstić information content (AvgIpc) is 2.87. The van der Waals surface area contributed by atoms with Crippen molar-refractivity contribution in [3.63, 3.8) is 0 Å². The van der Waals surface area contributed by atoms with Crippen molar-refractivity contribution in [1.29, 1.82) is 0 Å². The highest BCUT2D eigenvalue weighted by Crippen LogP contribution is 2.16. The van der Waals surface area contributed by atoms with Crippen LogP contribution >= 0.6 is 0 Å². The lowest BCUT2D eigenvalue weighted by atomic mass is 10.1. The second kappa shape index (κ2) is 8.94. The third-order valence-corrected chi connectivity index (χ3v) is 5.25. The number of piperazine rings is 1. The van der Waals surface area contributed by atoms with Crippen molar-refractivity contribution in [3.8, 4) is 0 Å². The summed E-state index contributed by atoms with van der Waals surface area (Å²) >= 11 is 0. The normalized spacial score (nSPS) is 19.0. The predicted molar refractivity (Wildman–Crippen MR) is 100 cm³/mol. The van der Waals surface area contributed by atoms with Gasteiger partial charge in [-0.05, 0) is 18.4 Å². The molecule has 1 aromatic carbocycles. The van der Waals surface area contributed by atoms with Gasteiger partial charge in [0.25, 0.3) is 5.69 Å². The highest BCUT2D eigenvalue weighted by molar-refractivity contribution is 5.85. The second-order valence-electron chi connectivity index (χ2n) is 7.21. The van der Waals surface area contributed by atoms with E-state index >= 15 is 0 Å². The molecule has 2 heterocycles. The first-order valence-electron chi connectivity index (χ1n) is 9.54. The third kappa shape index (κ3) is 5.26. The Labute approximate surface area is 158 Å². The van der Waals surface area contributed by atoms with E-state index in [0.717, 1.165) is 37.9 Å². The van der Waals surface area contributed by atoms with Crippen LogP contribution in [0.4, 0.5) is 5.69 Å². The number of benzene rings is 1. The molecule has 0 aromatic heterocycles. The predicted octanol–water partition coefficient (Wildman–Crippen LogP) is 1.64. The van der Waals surface area contributed by atoms with E-state index in [1.54, 1.807) is 17.0 Å². The van der Waals surface area contributed by atoms with Crippen LogP contribution in [0.15, 0.2) is 24.3 Å². The number of non-ortho nitro benzene ring substituents is 1. The van der Waals surface area contributed by atoms with Crippen molar-refractivity contribution in [3.05, 3.63) is 39.9 Å². The van der Waals surface area contributed by atoms with Gasteiger partial charge in [-0.1, -0.05) is 18.6 Å². The molecule has 8 heteroatoms. The van der Waals surface area contributed by atoms with Crippen LogP contribution in [0.25, 0.3) is 0 Å². The van der Waals surface area contributed by atoms with Crippen molar-refractivity contribution in [2.24, 2.45) is 0 Å². The standard InChI is InChI=1S/C19H26N4O4/c24-18-7-2-1-3-8-22(18)15-19(25)21-11-9-20(10-12-21)14-16-5-4-6-17(13-16)23(26)27/h4-6,13H,1-3,7-12,14-15H2. The molecule has 0 saturated carbocycles. The summed E-state index contributed by atoms with van der Waals surface area (Å²) in [5.74, 6) is 0.102. The smallest absolute Gasteiger partial charge is 0.269 e. The molecule has 8 nitrogen and oxygen atoms in total. The van der Waals surface area contributed by atoms with Crippen LogP contribution in [0, 0.1) is 10.1 Å². The Morgan fingerprint density at radius 3 is 2.59 bits per heavy atom. The fraction of sp³-hybridized carbons (Fsp3) is 0.579. The molecule has 1 aromatic rings. The lowest BCUT2D eigenvalue weighted by Gasteiger charge is -2.35. The fourth-order valence-corrected chi connectivity index (χ4v) is 3.65. The number of hydrogen-bond donors (Lipinski definition) is 0. The Morgan fingerprint density at radius 2 is 1.85 bits per heavy atom. The van der Waals surface area contributed by atoms with Gasteiger partial charge in [0.2, 0.25) is 11.8 Å². The summed E-state index contributed by atoms with van der Waals surface area (Å²) in [6.07, 6.45) is 3.48. The van der Waals surface area contributed by atoms with E-state index in [4.69, 9.17) is 0 Å². The average molecular weight is 374 g/mol. The summed E-state index contributed by atoms with van der Waals surface area (Å²) in [4.78, 5) is 40.8. The Kier molecular flexibility index (Phi) is 6.39. The first-order valence-corrected chi connectivity index (χ1v) is 9.54. The molecule has 0 radical (unpaired) electrons. The third-order valence-electron chi connectivity index (χ3n) is 5.25. The summed E-state index contributed by atoms with van der Waals surface area (Å²) in [6.45, 7) is 4.19. The first kappa shape index (κ1) is 19.3. The van der Waals surface area contributed by atoms with Crippen molar-refractivity contribution in [1.82, 2.24) is 14.7 Å². The fourth-order valence-electron chi connectivity index (χ4n) is 3.65. The van der Waals surface area contributed by atoms with Gasteiger partial charge < -0.3 is 9.80 Å². The van der Waals surface area contributed by atoms with Gasteiger partial charge in [-0.15, -0.1) is 0 Å². The maximum Gasteiger partial charge on any atom is 0.269 e. The number of likely N-dealkylation sites (tertiary alicyclic amines) is 1. The zero-order valence-electron chi connectivity index (χ0n) is 15.5. The summed E-state index contributed by atoms with van der Waals surface area (Å²) in [5, 5.41) is 10.9. The Balaban J connectivity index is 1.48. The number of nitrogens with zero attached hydrogens (tertiary/aromatic N) is 4. The molecule has 0 N–H and O–H groups in total. The monoisotopic (exact) mass is 374 g/mol. The number of hydrogen-bond acceptors (Lipinski definition) is 5. The van der Waals surface area contributed by atoms with Crippen molar-refractivity contribution in [2.75, 3.05) is 39.3 Å². The number of rotatable bonds is 5. The van der Waals surface area contributed by atoms with Gasteiger partial charge in [0, 0.05) is 57.8 Å². The van der Waals surface area contributed by atoms with Gasteiger partial charge in [0.15, 0.2) is 0 Å². The van der Waals surface area contributed by atoms with Crippen LogP contribution in [0.1, 0.15) is 31.2 Å². The van der Waals surface area contributed by atoms with Crippen LogP contribution in [0.3, 0.4) is 0 Å². The molecule has 3 rings (SSSR count). The Bertz CT molecular complexity index is 701. The number of amides is 2. The van der Waals surface area contributed by atoms with Crippen molar-refractivity contribution < 1.29 is 14.5 Å². The van der Waals surface area contributed by atoms with Gasteiger partial charge in [-0.3, -0.25) is 24.6 Å². The van der Waals surface area contributed by atoms with Crippen molar-refractivity contribution in [2.45, 2.75) is 32.2 Å². The summed E-state index contributed by atoms with van der Waals surface area (Å²) in [6, 6.07) is 6.67. The highest BCUT2D eigenvalue weighted by atomic mass is 16.6. The van der Waals surface area contributed by atoms with Crippen LogP contribution in [-0.4, -0.2) is 70.7 Å². The maximum atomic E-state index is 12.5. The molecule has 0 bridgehead atoms. The molecule has 146 valence electrons. The minimum absolute atomic E-state index is 0.0141. The van der Waals surface area contributed by atoms with E-state index in [0.29, 0.717) is 32.6 Å². The maximum absolute atomic E-state index is 12.5. The molecule has 0 aliphatic carbocycles. The van der Waals surface area contributed by atoms with Gasteiger partial charge >= 0.3 is 0 Å². The molecule has 2 saturated heterocycles. The number of nitro benzene ring substituents is 1. The summed E-state index contributed by atoms with van der Waals surface area (Å²) in [7, 11) is 0. The van der Waals surface area contributed by atoms with Crippen LogP contribution in [0.2, 0.25) is 0 Å². The van der Waals surface area contributed by atoms with E-state index in [1.807, 2.05) is 11.0 Å². The number of nitro groups is 1. The minimum Gasteiger partial charge on any atom is -0.339 e. The van der Waals surface area contributed by atoms with E-state index in [2.05, 4.69) is 4.90 Å². The minimum atomic E-state index is -0.385. The molecular formula is C19H26N4O4. The lowest BCUT2D eigenvalue weighted by molar-refractivity contribution is -0.384. The first-order chi connectivity index (χ1) is 13.0. The van der Waals surface area contributed by atoms with Gasteiger partial charge in [0.1, 0.15) is 0 Å². The summed E-state index contributed by atoms with van der Waals surface area (Å²) < 4.78 is 0. The van der Waals surface area contributed by atoms with Crippen LogP contribution in [-0.2, 0) is 16.1 Å². The molecule has 2 amide bonds. The van der Waals surface area contributed by atoms with Gasteiger partial charge in [0.05, 0.1) is 11.5 Å². The topological polar surface area (TPSA) is 87.0 Å². The Hall–Kier alpha value is -2.48. The zero-order valence-corrected chi connectivity index (χ0v) is 15.5. The van der Waals surface area contributed by atoms with E-state index in [1.165, 1.54) is 6.07 Å². The molecule has 0 unspecified atom stereocenters. The highest BCUT2D eigenvalue weighted by Gasteiger charge is 2.25. The Morgan fingerprint density at radius 1 is 1.07 bits per heavy atom. The largest absolute Gasteiger partial charge is 0.339 e. The van der Waals surface area contributed by atoms with Gasteiger partial charge in [-0.25, -0.2) is 0 Å². The molecule has 2 aliphatic rings.